The predicted octanol–water partition coefficient (Wildman–Crippen LogP) is 3.71. The van der Waals surface area contributed by atoms with Gasteiger partial charge in [-0.25, -0.2) is 4.98 Å². The normalized spacial score (nSPS) is 19.6. The van der Waals surface area contributed by atoms with Crippen LogP contribution in [0.3, 0.4) is 0 Å². The molecule has 0 atom stereocenters. The van der Waals surface area contributed by atoms with Gasteiger partial charge in [0.25, 0.3) is 5.91 Å². The number of hydrogen-bond acceptors (Lipinski definition) is 7. The van der Waals surface area contributed by atoms with Gasteiger partial charge in [-0.15, -0.1) is 0 Å². The number of ether oxygens (including phenoxy) is 2. The van der Waals surface area contributed by atoms with E-state index in [4.69, 9.17) is 21.1 Å². The van der Waals surface area contributed by atoms with Gasteiger partial charge >= 0.3 is 0 Å². The molecular formula is C22H26ClN5O3. The summed E-state index contributed by atoms with van der Waals surface area (Å²) in [6.07, 6.45) is 6.07. The largest absolute Gasteiger partial charge is 0.488 e. The minimum Gasteiger partial charge on any atom is -0.488 e. The minimum atomic E-state index is 0.0283. The van der Waals surface area contributed by atoms with E-state index in [-0.39, 0.29) is 17.4 Å². The Morgan fingerprint density at radius 1 is 1.29 bits per heavy atom. The van der Waals surface area contributed by atoms with E-state index < -0.39 is 0 Å². The van der Waals surface area contributed by atoms with E-state index in [9.17, 15) is 4.79 Å². The van der Waals surface area contributed by atoms with E-state index in [0.717, 1.165) is 57.7 Å². The molecule has 164 valence electrons. The van der Waals surface area contributed by atoms with Crippen LogP contribution in [0.4, 0.5) is 17.5 Å². The van der Waals surface area contributed by atoms with Gasteiger partial charge in [-0.1, -0.05) is 11.6 Å². The van der Waals surface area contributed by atoms with Crippen LogP contribution in [0.25, 0.3) is 0 Å². The second-order valence-electron chi connectivity index (χ2n) is 8.65. The molecule has 31 heavy (non-hydrogen) atoms. The van der Waals surface area contributed by atoms with Crippen molar-refractivity contribution in [2.45, 2.75) is 31.8 Å². The number of benzene rings is 1. The molecule has 1 spiro atoms. The summed E-state index contributed by atoms with van der Waals surface area (Å²) in [5, 5.41) is 6.61. The maximum absolute atomic E-state index is 13.0. The van der Waals surface area contributed by atoms with Crippen LogP contribution in [0.15, 0.2) is 24.4 Å². The number of amides is 1. The lowest BCUT2D eigenvalue weighted by atomic mass is 9.78. The summed E-state index contributed by atoms with van der Waals surface area (Å²) >= 11 is 6.09. The molecule has 2 saturated heterocycles. The Hall–Kier alpha value is -2.58. The monoisotopic (exact) mass is 443 g/mol. The summed E-state index contributed by atoms with van der Waals surface area (Å²) < 4.78 is 11.6. The van der Waals surface area contributed by atoms with Crippen LogP contribution in [0, 0.1) is 5.41 Å². The number of nitrogens with one attached hydrogen (secondary N) is 2. The highest BCUT2D eigenvalue weighted by atomic mass is 35.5. The molecule has 1 saturated carbocycles. The molecule has 1 amide bonds. The van der Waals surface area contributed by atoms with E-state index in [1.807, 2.05) is 23.1 Å². The van der Waals surface area contributed by atoms with Gasteiger partial charge in [0.05, 0.1) is 36.6 Å². The van der Waals surface area contributed by atoms with Gasteiger partial charge in [-0.05, 0) is 43.9 Å². The van der Waals surface area contributed by atoms with E-state index in [1.54, 1.807) is 13.2 Å². The van der Waals surface area contributed by atoms with Crippen molar-refractivity contribution in [1.29, 1.82) is 0 Å². The molecule has 0 radical (unpaired) electrons. The number of aromatic nitrogens is 2. The molecule has 8 nitrogen and oxygen atoms in total. The molecule has 2 aromatic rings. The van der Waals surface area contributed by atoms with Gasteiger partial charge in [-0.3, -0.25) is 4.79 Å². The lowest BCUT2D eigenvalue weighted by molar-refractivity contribution is -0.176. The first-order valence-electron chi connectivity index (χ1n) is 10.7. The average molecular weight is 444 g/mol. The Morgan fingerprint density at radius 2 is 2.06 bits per heavy atom. The molecule has 5 rings (SSSR count). The first-order valence-corrected chi connectivity index (χ1v) is 11.1. The van der Waals surface area contributed by atoms with Crippen molar-refractivity contribution in [2.24, 2.45) is 5.41 Å². The van der Waals surface area contributed by atoms with Crippen molar-refractivity contribution < 1.29 is 14.3 Å². The van der Waals surface area contributed by atoms with Gasteiger partial charge in [-0.2, -0.15) is 4.98 Å². The molecule has 2 aliphatic heterocycles. The van der Waals surface area contributed by atoms with Crippen molar-refractivity contribution in [3.8, 4) is 5.75 Å². The number of nitrogens with zero attached hydrogens (tertiary/aromatic N) is 3. The molecule has 0 bridgehead atoms. The lowest BCUT2D eigenvalue weighted by Crippen LogP contribution is -2.67. The maximum atomic E-state index is 13.0. The molecule has 1 aromatic carbocycles. The smallest absolute Gasteiger partial charge is 0.254 e. The number of hydrogen-bond donors (Lipinski definition) is 2. The lowest BCUT2D eigenvalue weighted by Gasteiger charge is -2.54. The Labute approximate surface area is 186 Å². The molecule has 1 aromatic heterocycles. The summed E-state index contributed by atoms with van der Waals surface area (Å²) in [4.78, 5) is 23.5. The maximum Gasteiger partial charge on any atom is 0.254 e. The van der Waals surface area contributed by atoms with Crippen LogP contribution in [0.2, 0.25) is 5.02 Å². The number of carbonyl (C=O) groups excluding carboxylic acids is 1. The highest BCUT2D eigenvalue weighted by Crippen LogP contribution is 2.39. The van der Waals surface area contributed by atoms with Gasteiger partial charge < -0.3 is 25.0 Å². The molecular weight excluding hydrogens is 418 g/mol. The molecule has 1 aliphatic carbocycles. The Balaban J connectivity index is 1.38. The topological polar surface area (TPSA) is 88.6 Å². The zero-order chi connectivity index (χ0) is 21.4. The second-order valence-corrected chi connectivity index (χ2v) is 9.06. The van der Waals surface area contributed by atoms with Crippen molar-refractivity contribution in [2.75, 3.05) is 44.0 Å². The molecule has 3 aliphatic rings. The quantitative estimate of drug-likeness (QED) is 0.703. The first kappa shape index (κ1) is 20.3. The number of likely N-dealkylation sites (tertiary alicyclic amines) is 1. The molecule has 9 heteroatoms. The zero-order valence-corrected chi connectivity index (χ0v) is 18.2. The molecule has 3 heterocycles. The Bertz CT molecular complexity index is 983. The van der Waals surface area contributed by atoms with E-state index >= 15 is 0 Å². The van der Waals surface area contributed by atoms with E-state index in [1.165, 1.54) is 0 Å². The van der Waals surface area contributed by atoms with E-state index in [2.05, 4.69) is 20.6 Å². The summed E-state index contributed by atoms with van der Waals surface area (Å²) in [5.74, 6) is 1.61. The summed E-state index contributed by atoms with van der Waals surface area (Å²) in [6.45, 7) is 3.03. The predicted molar refractivity (Wildman–Crippen MR) is 118 cm³/mol. The van der Waals surface area contributed by atoms with Crippen molar-refractivity contribution in [3.63, 3.8) is 0 Å². The second kappa shape index (κ2) is 8.16. The average Bonchev–Trinajstić information content (AvgIpc) is 3.21. The third kappa shape index (κ3) is 4.02. The Kier molecular flexibility index (Phi) is 5.35. The highest BCUT2D eigenvalue weighted by molar-refractivity contribution is 6.32. The first-order chi connectivity index (χ1) is 15.0. The number of rotatable bonds is 6. The third-order valence-electron chi connectivity index (χ3n) is 6.21. The van der Waals surface area contributed by atoms with Crippen LogP contribution in [0.5, 0.6) is 5.75 Å². The highest BCUT2D eigenvalue weighted by Gasteiger charge is 2.50. The van der Waals surface area contributed by atoms with Gasteiger partial charge in [0, 0.05) is 25.7 Å². The molecule has 0 unspecified atom stereocenters. The fourth-order valence-electron chi connectivity index (χ4n) is 4.43. The summed E-state index contributed by atoms with van der Waals surface area (Å²) in [7, 11) is 1.75. The fourth-order valence-corrected chi connectivity index (χ4v) is 4.61. The van der Waals surface area contributed by atoms with Crippen molar-refractivity contribution >= 4 is 35.0 Å². The fraction of sp³-hybridized carbons (Fsp3) is 0.500. The SMILES string of the molecule is CNc1nc(Nc2ccc(C(=O)N3CC4(COC4)C3)cc2OC2CCCC2)ncc1Cl. The minimum absolute atomic E-state index is 0.0283. The van der Waals surface area contributed by atoms with Crippen LogP contribution in [-0.2, 0) is 4.74 Å². The van der Waals surface area contributed by atoms with Crippen LogP contribution in [-0.4, -0.2) is 60.2 Å². The van der Waals surface area contributed by atoms with Crippen molar-refractivity contribution in [1.82, 2.24) is 14.9 Å². The number of halogens is 1. The summed E-state index contributed by atoms with van der Waals surface area (Å²) in [5.41, 5.74) is 1.54. The van der Waals surface area contributed by atoms with Gasteiger partial charge in [0.15, 0.2) is 0 Å². The number of carbonyl (C=O) groups is 1. The van der Waals surface area contributed by atoms with Gasteiger partial charge in [0.2, 0.25) is 5.95 Å². The van der Waals surface area contributed by atoms with Crippen LogP contribution < -0.4 is 15.4 Å². The molecule has 3 fully saturated rings. The zero-order valence-electron chi connectivity index (χ0n) is 17.5. The standard InChI is InChI=1S/C22H26ClN5O3/c1-24-19-16(23)9-25-21(27-19)26-17-7-6-14(8-18(17)31-15-4-2-3-5-15)20(29)28-10-22(11-28)12-30-13-22/h6-9,15H,2-5,10-13H2,1H3,(H2,24,25,26,27). The van der Waals surface area contributed by atoms with Gasteiger partial charge in [0.1, 0.15) is 16.6 Å². The molecule has 2 N–H and O–H groups in total. The third-order valence-corrected chi connectivity index (χ3v) is 6.48. The van der Waals surface area contributed by atoms with Crippen molar-refractivity contribution in [3.05, 3.63) is 35.0 Å². The van der Waals surface area contributed by atoms with Crippen LogP contribution in [0.1, 0.15) is 36.0 Å². The Morgan fingerprint density at radius 3 is 2.74 bits per heavy atom. The van der Waals surface area contributed by atoms with Crippen LogP contribution >= 0.6 is 11.6 Å². The summed E-state index contributed by atoms with van der Waals surface area (Å²) in [6, 6.07) is 5.51. The van der Waals surface area contributed by atoms with E-state index in [0.29, 0.717) is 28.1 Å². The number of anilines is 3.